The van der Waals surface area contributed by atoms with Gasteiger partial charge in [-0.2, -0.15) is 0 Å². The van der Waals surface area contributed by atoms with Crippen LogP contribution in [-0.4, -0.2) is 18.0 Å². The van der Waals surface area contributed by atoms with E-state index in [0.717, 1.165) is 28.0 Å². The van der Waals surface area contributed by atoms with E-state index in [9.17, 15) is 8.42 Å². The number of nitrogens with one attached hydrogen (secondary N) is 1. The minimum atomic E-state index is -3.74. The van der Waals surface area contributed by atoms with E-state index < -0.39 is 10.0 Å². The molecular weight excluding hydrogens is 478 g/mol. The van der Waals surface area contributed by atoms with Gasteiger partial charge in [0.25, 0.3) is 10.0 Å². The van der Waals surface area contributed by atoms with Crippen LogP contribution in [0.2, 0.25) is 0 Å². The van der Waals surface area contributed by atoms with Crippen molar-refractivity contribution >= 4 is 26.7 Å². The number of hydrogen-bond acceptors (Lipinski definition) is 3. The van der Waals surface area contributed by atoms with Gasteiger partial charge in [-0.25, -0.2) is 13.4 Å². The first kappa shape index (κ1) is 24.8. The average molecular weight is 510 g/mol. The fraction of sp³-hybridized carbons (Fsp3) is 0.194. The summed E-state index contributed by atoms with van der Waals surface area (Å²) in [7, 11) is -3.74. The van der Waals surface area contributed by atoms with E-state index in [-0.39, 0.29) is 10.3 Å². The minimum Gasteiger partial charge on any atom is -0.319 e. The molecule has 5 aromatic rings. The van der Waals surface area contributed by atoms with Crippen LogP contribution in [0.25, 0.3) is 22.4 Å². The Hall–Kier alpha value is -3.90. The van der Waals surface area contributed by atoms with E-state index in [1.807, 2.05) is 48.5 Å². The van der Waals surface area contributed by atoms with Gasteiger partial charge in [-0.3, -0.25) is 4.72 Å². The maximum Gasteiger partial charge on any atom is 0.261 e. The van der Waals surface area contributed by atoms with Crippen molar-refractivity contribution < 1.29 is 8.42 Å². The quantitative estimate of drug-likeness (QED) is 0.264. The lowest BCUT2D eigenvalue weighted by Gasteiger charge is -2.19. The monoisotopic (exact) mass is 509 g/mol. The number of para-hydroxylation sites is 2. The zero-order valence-electron chi connectivity index (χ0n) is 21.6. The second kappa shape index (κ2) is 9.52. The molecule has 37 heavy (non-hydrogen) atoms. The van der Waals surface area contributed by atoms with Gasteiger partial charge in [0.15, 0.2) is 0 Å². The van der Waals surface area contributed by atoms with Crippen molar-refractivity contribution in [2.45, 2.75) is 44.6 Å². The second-order valence-electron chi connectivity index (χ2n) is 10.5. The molecule has 0 fully saturated rings. The lowest BCUT2D eigenvalue weighted by Crippen LogP contribution is -2.15. The first-order valence-corrected chi connectivity index (χ1v) is 13.8. The van der Waals surface area contributed by atoms with Gasteiger partial charge in [-0.1, -0.05) is 87.0 Å². The van der Waals surface area contributed by atoms with Gasteiger partial charge in [-0.15, -0.1) is 0 Å². The fourth-order valence-electron chi connectivity index (χ4n) is 4.40. The number of rotatable bonds is 6. The van der Waals surface area contributed by atoms with E-state index in [2.05, 4.69) is 67.3 Å². The summed E-state index contributed by atoms with van der Waals surface area (Å²) in [6, 6.07) is 31.0. The Morgan fingerprint density at radius 2 is 1.54 bits per heavy atom. The molecule has 0 aliphatic heterocycles. The molecule has 0 aliphatic rings. The van der Waals surface area contributed by atoms with Gasteiger partial charge < -0.3 is 4.57 Å². The van der Waals surface area contributed by atoms with Crippen LogP contribution in [0.5, 0.6) is 0 Å². The molecule has 6 heteroatoms. The highest BCUT2D eigenvalue weighted by Crippen LogP contribution is 2.29. The Morgan fingerprint density at radius 3 is 2.24 bits per heavy atom. The van der Waals surface area contributed by atoms with Gasteiger partial charge in [0.1, 0.15) is 5.82 Å². The van der Waals surface area contributed by atoms with Crippen molar-refractivity contribution in [2.24, 2.45) is 0 Å². The molecule has 1 aromatic heterocycles. The minimum absolute atomic E-state index is 0.0475. The second-order valence-corrected chi connectivity index (χ2v) is 12.1. The van der Waals surface area contributed by atoms with Gasteiger partial charge in [0.05, 0.1) is 15.9 Å². The van der Waals surface area contributed by atoms with Crippen LogP contribution in [0.4, 0.5) is 5.69 Å². The molecule has 5 rings (SSSR count). The lowest BCUT2D eigenvalue weighted by molar-refractivity contribution is 0.587. The Bertz CT molecular complexity index is 1660. The molecule has 1 N–H and O–H groups in total. The van der Waals surface area contributed by atoms with Crippen molar-refractivity contribution in [1.82, 2.24) is 9.55 Å². The smallest absolute Gasteiger partial charge is 0.261 e. The van der Waals surface area contributed by atoms with Gasteiger partial charge in [-0.05, 0) is 59.9 Å². The summed E-state index contributed by atoms with van der Waals surface area (Å²) in [4.78, 5) is 5.14. The molecule has 0 bridgehead atoms. The molecular formula is C31H31N3O2S. The van der Waals surface area contributed by atoms with E-state index in [4.69, 9.17) is 4.98 Å². The topological polar surface area (TPSA) is 64.0 Å². The molecule has 5 nitrogen and oxygen atoms in total. The molecule has 0 aliphatic carbocycles. The van der Waals surface area contributed by atoms with Gasteiger partial charge in [0, 0.05) is 17.8 Å². The van der Waals surface area contributed by atoms with E-state index >= 15 is 0 Å². The van der Waals surface area contributed by atoms with Crippen molar-refractivity contribution in [1.29, 1.82) is 0 Å². The maximum absolute atomic E-state index is 13.2. The van der Waals surface area contributed by atoms with Crippen molar-refractivity contribution in [3.05, 3.63) is 114 Å². The molecule has 188 valence electrons. The first-order chi connectivity index (χ1) is 17.6. The molecule has 0 saturated heterocycles. The molecule has 0 saturated carbocycles. The predicted octanol–water partition coefficient (Wildman–Crippen LogP) is 7.16. The number of sulfonamides is 1. The molecule has 0 amide bonds. The summed E-state index contributed by atoms with van der Waals surface area (Å²) in [5.74, 6) is 0.789. The molecule has 0 spiro atoms. The summed E-state index contributed by atoms with van der Waals surface area (Å²) in [6.07, 6.45) is 0. The van der Waals surface area contributed by atoms with Crippen LogP contribution in [0.1, 0.15) is 37.5 Å². The van der Waals surface area contributed by atoms with Crippen molar-refractivity contribution in [2.75, 3.05) is 4.72 Å². The van der Waals surface area contributed by atoms with Crippen LogP contribution >= 0.6 is 0 Å². The van der Waals surface area contributed by atoms with Crippen LogP contribution in [0.15, 0.2) is 102 Å². The zero-order chi connectivity index (χ0) is 26.2. The summed E-state index contributed by atoms with van der Waals surface area (Å²) >= 11 is 0. The number of aromatic nitrogens is 2. The normalized spacial score (nSPS) is 12.1. The number of hydrogen-bond donors (Lipinski definition) is 1. The summed E-state index contributed by atoms with van der Waals surface area (Å²) in [6.45, 7) is 9.05. The Morgan fingerprint density at radius 1 is 0.838 bits per heavy atom. The van der Waals surface area contributed by atoms with Crippen LogP contribution in [-0.2, 0) is 22.0 Å². The number of imidazole rings is 1. The molecule has 0 atom stereocenters. The predicted molar refractivity (Wildman–Crippen MR) is 151 cm³/mol. The fourth-order valence-corrected chi connectivity index (χ4v) is 5.45. The third-order valence-electron chi connectivity index (χ3n) is 6.52. The number of anilines is 1. The number of nitrogens with zero attached hydrogens (tertiary/aromatic N) is 2. The van der Waals surface area contributed by atoms with E-state index in [0.29, 0.717) is 12.2 Å². The summed E-state index contributed by atoms with van der Waals surface area (Å²) < 4.78 is 31.2. The standard InChI is InChI=1S/C31H31N3O2S/c1-22-12-14-23(15-13-22)21-34-29-11-6-5-10-28(29)32-30(34)24-8-7-9-26(20-24)33-37(35,36)27-18-16-25(17-19-27)31(2,3)4/h5-20,33H,21H2,1-4H3. The Balaban J connectivity index is 1.49. The highest BCUT2D eigenvalue weighted by Gasteiger charge is 2.19. The highest BCUT2D eigenvalue weighted by atomic mass is 32.2. The summed E-state index contributed by atoms with van der Waals surface area (Å²) in [5.41, 5.74) is 6.68. The highest BCUT2D eigenvalue weighted by molar-refractivity contribution is 7.92. The Labute approximate surface area is 218 Å². The van der Waals surface area contributed by atoms with Crippen molar-refractivity contribution in [3.8, 4) is 11.4 Å². The summed E-state index contributed by atoms with van der Waals surface area (Å²) in [5, 5.41) is 0. The third kappa shape index (κ3) is 5.30. The zero-order valence-corrected chi connectivity index (χ0v) is 22.4. The molecule has 4 aromatic carbocycles. The van der Waals surface area contributed by atoms with E-state index in [1.165, 1.54) is 11.1 Å². The third-order valence-corrected chi connectivity index (χ3v) is 7.92. The lowest BCUT2D eigenvalue weighted by atomic mass is 9.87. The number of fused-ring (bicyclic) bond motifs is 1. The van der Waals surface area contributed by atoms with Crippen LogP contribution < -0.4 is 4.72 Å². The largest absolute Gasteiger partial charge is 0.319 e. The maximum atomic E-state index is 13.2. The Kier molecular flexibility index (Phi) is 6.38. The average Bonchev–Trinajstić information content (AvgIpc) is 3.23. The van der Waals surface area contributed by atoms with Gasteiger partial charge in [0.2, 0.25) is 0 Å². The van der Waals surface area contributed by atoms with Crippen LogP contribution in [0.3, 0.4) is 0 Å². The first-order valence-electron chi connectivity index (χ1n) is 12.3. The SMILES string of the molecule is Cc1ccc(Cn2c(-c3cccc(NS(=O)(=O)c4ccc(C(C)(C)C)cc4)c3)nc3ccccc32)cc1. The van der Waals surface area contributed by atoms with Gasteiger partial charge >= 0.3 is 0 Å². The van der Waals surface area contributed by atoms with E-state index in [1.54, 1.807) is 18.2 Å². The molecule has 0 radical (unpaired) electrons. The molecule has 0 unspecified atom stereocenters. The number of benzene rings is 4. The van der Waals surface area contributed by atoms with Crippen LogP contribution in [0, 0.1) is 6.92 Å². The molecule has 1 heterocycles. The number of aryl methyl sites for hydroxylation is 1. The van der Waals surface area contributed by atoms with Crippen molar-refractivity contribution in [3.63, 3.8) is 0 Å².